The Hall–Kier alpha value is -2.18. The fourth-order valence-electron chi connectivity index (χ4n) is 4.59. The van der Waals surface area contributed by atoms with Gasteiger partial charge in [0.25, 0.3) is 0 Å². The van der Waals surface area contributed by atoms with Crippen LogP contribution in [0.2, 0.25) is 0 Å². The lowest BCUT2D eigenvalue weighted by Crippen LogP contribution is -2.15. The molecule has 1 saturated carbocycles. The number of rotatable bonds is 4. The number of benzene rings is 2. The van der Waals surface area contributed by atoms with E-state index in [4.69, 9.17) is 0 Å². The Balaban J connectivity index is 1.55. The van der Waals surface area contributed by atoms with Gasteiger partial charge >= 0.3 is 0 Å². The minimum atomic E-state index is -3.60. The summed E-state index contributed by atoms with van der Waals surface area (Å²) in [6.45, 7) is 0. The highest BCUT2D eigenvalue weighted by molar-refractivity contribution is 7.95. The number of allylic oxidation sites excluding steroid dienone is 4. The SMILES string of the molecule is O=S(=O)(C1=CC2C=C(S(=O)(=O)c3ccccc3)C3C(C2)C13)c1ccccc1. The van der Waals surface area contributed by atoms with Gasteiger partial charge in [0.2, 0.25) is 19.7 Å². The Bertz CT molecular complexity index is 1080. The van der Waals surface area contributed by atoms with E-state index in [2.05, 4.69) is 0 Å². The van der Waals surface area contributed by atoms with E-state index in [1.165, 1.54) is 0 Å². The molecule has 2 aromatic rings. The molecule has 0 aromatic heterocycles. The Morgan fingerprint density at radius 2 is 1.04 bits per heavy atom. The van der Waals surface area contributed by atoms with E-state index >= 15 is 0 Å². The van der Waals surface area contributed by atoms with E-state index in [1.807, 2.05) is 0 Å². The largest absolute Gasteiger partial charge is 0.219 e. The molecule has 1 fully saturated rings. The molecule has 0 amide bonds. The smallest absolute Gasteiger partial charge is 0.202 e. The van der Waals surface area contributed by atoms with Crippen molar-refractivity contribution in [1.82, 2.24) is 0 Å². The van der Waals surface area contributed by atoms with Crippen LogP contribution in [-0.2, 0) is 19.7 Å². The van der Waals surface area contributed by atoms with Crippen molar-refractivity contribution in [2.75, 3.05) is 0 Å². The van der Waals surface area contributed by atoms with Crippen molar-refractivity contribution >= 4 is 19.7 Å². The van der Waals surface area contributed by atoms with Gasteiger partial charge in [-0.2, -0.15) is 0 Å². The summed E-state index contributed by atoms with van der Waals surface area (Å²) in [5.41, 5.74) is 0. The quantitative estimate of drug-likeness (QED) is 0.789. The third kappa shape index (κ3) is 2.47. The van der Waals surface area contributed by atoms with E-state index in [0.29, 0.717) is 9.81 Å². The maximum atomic E-state index is 13.1. The zero-order chi connectivity index (χ0) is 18.8. The predicted octanol–water partition coefficient (Wildman–Crippen LogP) is 3.60. The van der Waals surface area contributed by atoms with Gasteiger partial charge in [-0.05, 0) is 42.5 Å². The first-order chi connectivity index (χ1) is 12.9. The Morgan fingerprint density at radius 3 is 1.44 bits per heavy atom. The van der Waals surface area contributed by atoms with E-state index < -0.39 is 19.7 Å². The van der Waals surface area contributed by atoms with Crippen LogP contribution in [0, 0.1) is 23.7 Å². The molecule has 0 aliphatic heterocycles. The van der Waals surface area contributed by atoms with Crippen LogP contribution in [0.15, 0.2) is 92.4 Å². The van der Waals surface area contributed by atoms with Crippen molar-refractivity contribution in [2.45, 2.75) is 16.2 Å². The highest BCUT2D eigenvalue weighted by Crippen LogP contribution is 2.66. The molecule has 6 heteroatoms. The molecule has 5 rings (SSSR count). The molecule has 27 heavy (non-hydrogen) atoms. The molecule has 0 N–H and O–H groups in total. The normalized spacial score (nSPS) is 28.9. The Morgan fingerprint density at radius 1 is 0.630 bits per heavy atom. The molecule has 138 valence electrons. The fraction of sp³-hybridized carbons (Fsp3) is 0.238. The molecule has 0 radical (unpaired) electrons. The number of hydrogen-bond acceptors (Lipinski definition) is 4. The lowest BCUT2D eigenvalue weighted by molar-refractivity contribution is 0.548. The van der Waals surface area contributed by atoms with Crippen LogP contribution in [0.5, 0.6) is 0 Å². The van der Waals surface area contributed by atoms with E-state index in [-0.39, 0.29) is 33.5 Å². The maximum Gasteiger partial charge on any atom is 0.202 e. The van der Waals surface area contributed by atoms with Crippen LogP contribution in [0.3, 0.4) is 0 Å². The first-order valence-corrected chi connectivity index (χ1v) is 11.9. The first-order valence-electron chi connectivity index (χ1n) is 8.94. The van der Waals surface area contributed by atoms with Crippen molar-refractivity contribution in [2.24, 2.45) is 23.7 Å². The molecule has 0 heterocycles. The molecule has 2 bridgehead atoms. The highest BCUT2D eigenvalue weighted by atomic mass is 32.2. The van der Waals surface area contributed by atoms with Crippen molar-refractivity contribution in [3.8, 4) is 0 Å². The highest BCUT2D eigenvalue weighted by Gasteiger charge is 2.63. The van der Waals surface area contributed by atoms with Gasteiger partial charge in [-0.15, -0.1) is 0 Å². The molecule has 0 spiro atoms. The maximum absolute atomic E-state index is 13.1. The summed E-state index contributed by atoms with van der Waals surface area (Å²) in [5, 5.41) is 0. The minimum absolute atomic E-state index is 0.104. The Kier molecular flexibility index (Phi) is 3.55. The van der Waals surface area contributed by atoms with E-state index in [0.717, 1.165) is 6.42 Å². The summed E-state index contributed by atoms with van der Waals surface area (Å²) in [5.74, 6) is -0.490. The molecule has 3 aliphatic carbocycles. The Labute approximate surface area is 159 Å². The topological polar surface area (TPSA) is 68.3 Å². The summed E-state index contributed by atoms with van der Waals surface area (Å²) >= 11 is 0. The molecule has 3 aliphatic rings. The zero-order valence-corrected chi connectivity index (χ0v) is 16.0. The van der Waals surface area contributed by atoms with Crippen molar-refractivity contribution in [3.63, 3.8) is 0 Å². The molecular weight excluding hydrogens is 380 g/mol. The average Bonchev–Trinajstić information content (AvgIpc) is 3.45. The second-order valence-corrected chi connectivity index (χ2v) is 11.3. The molecular formula is C21H18O4S2. The third-order valence-electron chi connectivity index (χ3n) is 5.85. The van der Waals surface area contributed by atoms with Crippen LogP contribution in [0.1, 0.15) is 6.42 Å². The molecule has 2 aromatic carbocycles. The lowest BCUT2D eigenvalue weighted by atomic mass is 9.93. The third-order valence-corrected chi connectivity index (χ3v) is 9.70. The van der Waals surface area contributed by atoms with Crippen LogP contribution >= 0.6 is 0 Å². The zero-order valence-electron chi connectivity index (χ0n) is 14.4. The van der Waals surface area contributed by atoms with Gasteiger partial charge in [0, 0.05) is 21.6 Å². The second-order valence-electron chi connectivity index (χ2n) is 7.39. The van der Waals surface area contributed by atoms with Crippen LogP contribution < -0.4 is 0 Å². The van der Waals surface area contributed by atoms with Crippen molar-refractivity contribution in [1.29, 1.82) is 0 Å². The van der Waals surface area contributed by atoms with Gasteiger partial charge < -0.3 is 0 Å². The number of fused-ring (bicyclic) bond motifs is 2. The van der Waals surface area contributed by atoms with E-state index in [9.17, 15) is 16.8 Å². The van der Waals surface area contributed by atoms with Crippen LogP contribution in [0.25, 0.3) is 0 Å². The van der Waals surface area contributed by atoms with Gasteiger partial charge in [-0.1, -0.05) is 48.6 Å². The number of sulfone groups is 2. The van der Waals surface area contributed by atoms with Crippen molar-refractivity contribution < 1.29 is 16.8 Å². The monoisotopic (exact) mass is 398 g/mol. The summed E-state index contributed by atoms with van der Waals surface area (Å²) in [6.07, 6.45) is 4.38. The molecule has 0 saturated heterocycles. The molecule has 4 nitrogen and oxygen atoms in total. The summed E-state index contributed by atoms with van der Waals surface area (Å²) in [4.78, 5) is 1.34. The van der Waals surface area contributed by atoms with Crippen LogP contribution in [0.4, 0.5) is 0 Å². The van der Waals surface area contributed by atoms with Gasteiger partial charge in [-0.25, -0.2) is 16.8 Å². The minimum Gasteiger partial charge on any atom is -0.219 e. The number of hydrogen-bond donors (Lipinski definition) is 0. The summed E-state index contributed by atoms with van der Waals surface area (Å²) in [6, 6.07) is 16.8. The molecule has 2 atom stereocenters. The van der Waals surface area contributed by atoms with Crippen molar-refractivity contribution in [3.05, 3.63) is 82.6 Å². The van der Waals surface area contributed by atoms with Crippen LogP contribution in [-0.4, -0.2) is 16.8 Å². The van der Waals surface area contributed by atoms with Gasteiger partial charge in [0.1, 0.15) is 0 Å². The lowest BCUT2D eigenvalue weighted by Gasteiger charge is -2.20. The first kappa shape index (κ1) is 17.0. The van der Waals surface area contributed by atoms with E-state index in [1.54, 1.807) is 72.8 Å². The fourth-order valence-corrected chi connectivity index (χ4v) is 8.24. The summed E-state index contributed by atoms with van der Waals surface area (Å²) in [7, 11) is -7.19. The van der Waals surface area contributed by atoms with Gasteiger partial charge in [0.05, 0.1) is 9.79 Å². The second kappa shape index (κ2) is 5.66. The molecule has 2 unspecified atom stereocenters. The summed E-state index contributed by atoms with van der Waals surface area (Å²) < 4.78 is 52.5. The van der Waals surface area contributed by atoms with Gasteiger partial charge in [-0.3, -0.25) is 0 Å². The predicted molar refractivity (Wildman–Crippen MR) is 102 cm³/mol. The average molecular weight is 399 g/mol. The standard InChI is InChI=1S/C21H18O4S2/c22-26(23,15-7-3-1-4-8-15)18-12-14-11-17-20(18)21(17)19(13-14)27(24,25)16-9-5-2-6-10-16/h1-10,12-14,17,20-21H,11H2. The van der Waals surface area contributed by atoms with Gasteiger partial charge in [0.15, 0.2) is 0 Å².